The van der Waals surface area contributed by atoms with E-state index in [9.17, 15) is 4.79 Å². The maximum absolute atomic E-state index is 12.4. The summed E-state index contributed by atoms with van der Waals surface area (Å²) in [5.74, 6) is 0.875. The van der Waals surface area contributed by atoms with Crippen molar-refractivity contribution < 1.29 is 4.79 Å². The van der Waals surface area contributed by atoms with E-state index in [0.717, 1.165) is 50.5 Å². The van der Waals surface area contributed by atoms with E-state index in [1.165, 1.54) is 12.8 Å². The molecule has 1 amide bonds. The molecule has 2 rings (SSSR count). The second-order valence-corrected chi connectivity index (χ2v) is 5.88. The molecule has 2 heterocycles. The van der Waals surface area contributed by atoms with Crippen molar-refractivity contribution in [2.75, 3.05) is 25.0 Å². The van der Waals surface area contributed by atoms with Gasteiger partial charge in [0.05, 0.1) is 11.9 Å². The molecule has 0 spiro atoms. The molecular formula is C17H27N3O. The molecule has 1 saturated heterocycles. The van der Waals surface area contributed by atoms with Crippen LogP contribution in [0.5, 0.6) is 0 Å². The SMILES string of the molecule is CCCNc1ccc(C(=O)N2CCC(CCC)CC2)nc1. The zero-order valence-corrected chi connectivity index (χ0v) is 13.3. The molecule has 0 bridgehead atoms. The molecule has 116 valence electrons. The maximum Gasteiger partial charge on any atom is 0.272 e. The molecule has 1 N–H and O–H groups in total. The van der Waals surface area contributed by atoms with Crippen molar-refractivity contribution in [1.82, 2.24) is 9.88 Å². The maximum atomic E-state index is 12.4. The summed E-state index contributed by atoms with van der Waals surface area (Å²) in [5, 5.41) is 3.27. The Morgan fingerprint density at radius 1 is 1.29 bits per heavy atom. The molecule has 1 aliphatic rings. The molecule has 1 fully saturated rings. The van der Waals surface area contributed by atoms with E-state index in [1.54, 1.807) is 6.20 Å². The predicted molar refractivity (Wildman–Crippen MR) is 86.6 cm³/mol. The number of anilines is 1. The minimum atomic E-state index is 0.0759. The van der Waals surface area contributed by atoms with Crippen molar-refractivity contribution >= 4 is 11.6 Å². The number of amides is 1. The molecule has 4 heteroatoms. The number of aromatic nitrogens is 1. The van der Waals surface area contributed by atoms with Crippen LogP contribution >= 0.6 is 0 Å². The Bertz CT molecular complexity index is 436. The second kappa shape index (κ2) is 8.01. The predicted octanol–water partition coefficient (Wildman–Crippen LogP) is 3.56. The van der Waals surface area contributed by atoms with Gasteiger partial charge in [0.1, 0.15) is 5.69 Å². The number of hydrogen-bond acceptors (Lipinski definition) is 3. The van der Waals surface area contributed by atoms with Gasteiger partial charge in [-0.1, -0.05) is 26.7 Å². The van der Waals surface area contributed by atoms with Crippen LogP contribution in [0.15, 0.2) is 18.3 Å². The normalized spacial score (nSPS) is 16.0. The van der Waals surface area contributed by atoms with Crippen molar-refractivity contribution in [2.24, 2.45) is 5.92 Å². The zero-order chi connectivity index (χ0) is 15.1. The van der Waals surface area contributed by atoms with Crippen LogP contribution in [0, 0.1) is 5.92 Å². The first kappa shape index (κ1) is 15.8. The number of carbonyl (C=O) groups excluding carboxylic acids is 1. The third-order valence-electron chi connectivity index (χ3n) is 4.16. The standard InChI is InChI=1S/C17H27N3O/c1-3-5-14-8-11-20(12-9-14)17(21)16-7-6-15(13-19-16)18-10-4-2/h6-7,13-14,18H,3-5,8-12H2,1-2H3. The number of piperidine rings is 1. The fourth-order valence-electron chi connectivity index (χ4n) is 2.89. The Labute approximate surface area is 127 Å². The van der Waals surface area contributed by atoms with E-state index in [4.69, 9.17) is 0 Å². The molecule has 0 unspecified atom stereocenters. The van der Waals surface area contributed by atoms with Gasteiger partial charge >= 0.3 is 0 Å². The van der Waals surface area contributed by atoms with Crippen LogP contribution in [0.3, 0.4) is 0 Å². The van der Waals surface area contributed by atoms with Gasteiger partial charge < -0.3 is 10.2 Å². The van der Waals surface area contributed by atoms with E-state index in [0.29, 0.717) is 5.69 Å². The highest BCUT2D eigenvalue weighted by Crippen LogP contribution is 2.22. The van der Waals surface area contributed by atoms with Crippen LogP contribution < -0.4 is 5.32 Å². The minimum Gasteiger partial charge on any atom is -0.384 e. The topological polar surface area (TPSA) is 45.2 Å². The quantitative estimate of drug-likeness (QED) is 0.871. The van der Waals surface area contributed by atoms with Crippen molar-refractivity contribution in [3.8, 4) is 0 Å². The van der Waals surface area contributed by atoms with Crippen molar-refractivity contribution in [2.45, 2.75) is 46.0 Å². The first-order valence-electron chi connectivity index (χ1n) is 8.23. The number of nitrogens with zero attached hydrogens (tertiary/aromatic N) is 2. The smallest absolute Gasteiger partial charge is 0.272 e. The summed E-state index contributed by atoms with van der Waals surface area (Å²) in [7, 11) is 0. The highest BCUT2D eigenvalue weighted by atomic mass is 16.2. The van der Waals surface area contributed by atoms with Gasteiger partial charge in [-0.25, -0.2) is 4.98 Å². The highest BCUT2D eigenvalue weighted by Gasteiger charge is 2.23. The molecule has 1 aliphatic heterocycles. The van der Waals surface area contributed by atoms with Gasteiger partial charge in [-0.05, 0) is 37.3 Å². The Balaban J connectivity index is 1.88. The summed E-state index contributed by atoms with van der Waals surface area (Å²) in [6.45, 7) is 7.04. The molecule has 0 radical (unpaired) electrons. The van der Waals surface area contributed by atoms with E-state index in [1.807, 2.05) is 17.0 Å². The molecule has 1 aromatic heterocycles. The molecule has 21 heavy (non-hydrogen) atoms. The Hall–Kier alpha value is -1.58. The lowest BCUT2D eigenvalue weighted by molar-refractivity contribution is 0.0680. The second-order valence-electron chi connectivity index (χ2n) is 5.88. The van der Waals surface area contributed by atoms with Crippen molar-refractivity contribution in [3.05, 3.63) is 24.0 Å². The molecule has 0 atom stereocenters. The molecule has 0 aromatic carbocycles. The first-order valence-corrected chi connectivity index (χ1v) is 8.23. The molecule has 0 saturated carbocycles. The number of carbonyl (C=O) groups is 1. The van der Waals surface area contributed by atoms with Crippen LogP contribution in [0.2, 0.25) is 0 Å². The van der Waals surface area contributed by atoms with E-state index in [-0.39, 0.29) is 5.91 Å². The van der Waals surface area contributed by atoms with Gasteiger partial charge in [0.2, 0.25) is 0 Å². The van der Waals surface area contributed by atoms with Crippen LogP contribution in [0.1, 0.15) is 56.4 Å². The fourth-order valence-corrected chi connectivity index (χ4v) is 2.89. The minimum absolute atomic E-state index is 0.0759. The Morgan fingerprint density at radius 2 is 2.05 bits per heavy atom. The summed E-state index contributed by atoms with van der Waals surface area (Å²) in [6, 6.07) is 3.78. The average Bonchev–Trinajstić information content (AvgIpc) is 2.54. The summed E-state index contributed by atoms with van der Waals surface area (Å²) in [5.41, 5.74) is 1.54. The average molecular weight is 289 g/mol. The third-order valence-corrected chi connectivity index (χ3v) is 4.16. The van der Waals surface area contributed by atoms with Crippen molar-refractivity contribution in [1.29, 1.82) is 0 Å². The number of pyridine rings is 1. The summed E-state index contributed by atoms with van der Waals surface area (Å²) in [4.78, 5) is 18.7. The van der Waals surface area contributed by atoms with E-state index < -0.39 is 0 Å². The van der Waals surface area contributed by atoms with Crippen LogP contribution in [-0.2, 0) is 0 Å². The summed E-state index contributed by atoms with van der Waals surface area (Å²) < 4.78 is 0. The summed E-state index contributed by atoms with van der Waals surface area (Å²) >= 11 is 0. The fraction of sp³-hybridized carbons (Fsp3) is 0.647. The summed E-state index contributed by atoms with van der Waals surface area (Å²) in [6.07, 6.45) is 7.63. The first-order chi connectivity index (χ1) is 10.2. The Morgan fingerprint density at radius 3 is 2.62 bits per heavy atom. The van der Waals surface area contributed by atoms with Crippen molar-refractivity contribution in [3.63, 3.8) is 0 Å². The lowest BCUT2D eigenvalue weighted by Crippen LogP contribution is -2.38. The van der Waals surface area contributed by atoms with Gasteiger partial charge in [-0.3, -0.25) is 4.79 Å². The monoisotopic (exact) mass is 289 g/mol. The van der Waals surface area contributed by atoms with Gasteiger partial charge in [-0.2, -0.15) is 0 Å². The lowest BCUT2D eigenvalue weighted by atomic mass is 9.92. The van der Waals surface area contributed by atoms with Crippen LogP contribution in [0.4, 0.5) is 5.69 Å². The van der Waals surface area contributed by atoms with Crippen LogP contribution in [0.25, 0.3) is 0 Å². The van der Waals surface area contributed by atoms with Crippen LogP contribution in [-0.4, -0.2) is 35.4 Å². The largest absolute Gasteiger partial charge is 0.384 e. The zero-order valence-electron chi connectivity index (χ0n) is 13.3. The van der Waals surface area contributed by atoms with Gasteiger partial charge in [0.15, 0.2) is 0 Å². The number of likely N-dealkylation sites (tertiary alicyclic amines) is 1. The number of rotatable bonds is 6. The third kappa shape index (κ3) is 4.45. The molecule has 4 nitrogen and oxygen atoms in total. The van der Waals surface area contributed by atoms with E-state index >= 15 is 0 Å². The lowest BCUT2D eigenvalue weighted by Gasteiger charge is -2.31. The molecule has 1 aromatic rings. The number of hydrogen-bond donors (Lipinski definition) is 1. The Kier molecular flexibility index (Phi) is 6.03. The van der Waals surface area contributed by atoms with Gasteiger partial charge in [-0.15, -0.1) is 0 Å². The molecule has 0 aliphatic carbocycles. The number of nitrogens with one attached hydrogen (secondary N) is 1. The van der Waals surface area contributed by atoms with Gasteiger partial charge in [0, 0.05) is 19.6 Å². The molecular weight excluding hydrogens is 262 g/mol. The van der Waals surface area contributed by atoms with Gasteiger partial charge in [0.25, 0.3) is 5.91 Å². The highest BCUT2D eigenvalue weighted by molar-refractivity contribution is 5.92. The van der Waals surface area contributed by atoms with E-state index in [2.05, 4.69) is 24.1 Å².